The van der Waals surface area contributed by atoms with Crippen LogP contribution in [0.2, 0.25) is 0 Å². The van der Waals surface area contributed by atoms with Gasteiger partial charge in [0, 0.05) is 25.7 Å². The Labute approximate surface area is 170 Å². The van der Waals surface area contributed by atoms with E-state index in [1.54, 1.807) is 19.2 Å². The van der Waals surface area contributed by atoms with E-state index >= 15 is 0 Å². The second-order valence-corrected chi connectivity index (χ2v) is 5.73. The Morgan fingerprint density at radius 3 is 2.42 bits per heavy atom. The van der Waals surface area contributed by atoms with Crippen LogP contribution in [0, 0.1) is 12.7 Å². The van der Waals surface area contributed by atoms with Crippen molar-refractivity contribution >= 4 is 35.8 Å². The van der Waals surface area contributed by atoms with Gasteiger partial charge in [-0.25, -0.2) is 4.39 Å². The monoisotopic (exact) mass is 470 g/mol. The molecule has 0 aliphatic rings. The molecule has 0 aromatic heterocycles. The van der Waals surface area contributed by atoms with Crippen LogP contribution >= 0.6 is 24.0 Å². The second kappa shape index (κ2) is 10.7. The standard InChI is InChI=1S/C19H23FN4O.HI/c1-13-11-17(20)8-7-15(13)9-10-23-19(22-2)24-12-14-3-5-16(6-4-14)18(21)25;/h3-8,11H,9-10,12H2,1-2H3,(H2,21,25)(H2,22,23,24);1H. The summed E-state index contributed by atoms with van der Waals surface area (Å²) in [5.74, 6) is 0.0286. The number of aliphatic imine (C=N–C) groups is 1. The van der Waals surface area contributed by atoms with E-state index in [9.17, 15) is 9.18 Å². The molecule has 0 unspecified atom stereocenters. The Bertz CT molecular complexity index is 763. The number of amides is 1. The van der Waals surface area contributed by atoms with Crippen LogP contribution in [0.25, 0.3) is 0 Å². The molecule has 4 N–H and O–H groups in total. The number of guanidine groups is 1. The van der Waals surface area contributed by atoms with Crippen LogP contribution in [0.15, 0.2) is 47.5 Å². The number of carbonyl (C=O) groups excluding carboxylic acids is 1. The number of hydrogen-bond acceptors (Lipinski definition) is 2. The molecule has 0 aliphatic heterocycles. The average molecular weight is 470 g/mol. The number of rotatable bonds is 6. The quantitative estimate of drug-likeness (QED) is 0.345. The molecule has 0 fully saturated rings. The molecular formula is C19H24FIN4O. The highest BCUT2D eigenvalue weighted by molar-refractivity contribution is 14.0. The van der Waals surface area contributed by atoms with Gasteiger partial charge in [-0.3, -0.25) is 9.79 Å². The summed E-state index contributed by atoms with van der Waals surface area (Å²) in [5.41, 5.74) is 8.77. The van der Waals surface area contributed by atoms with E-state index in [0.717, 1.165) is 23.1 Å². The van der Waals surface area contributed by atoms with Gasteiger partial charge in [0.2, 0.25) is 5.91 Å². The molecule has 1 amide bonds. The molecule has 0 saturated heterocycles. The molecule has 2 aromatic carbocycles. The number of nitrogens with two attached hydrogens (primary N) is 1. The van der Waals surface area contributed by atoms with E-state index in [2.05, 4.69) is 15.6 Å². The van der Waals surface area contributed by atoms with Crippen LogP contribution in [-0.4, -0.2) is 25.5 Å². The highest BCUT2D eigenvalue weighted by Crippen LogP contribution is 2.10. The lowest BCUT2D eigenvalue weighted by molar-refractivity contribution is 0.100. The van der Waals surface area contributed by atoms with Gasteiger partial charge in [0.25, 0.3) is 0 Å². The fourth-order valence-electron chi connectivity index (χ4n) is 2.45. The zero-order chi connectivity index (χ0) is 18.2. The maximum atomic E-state index is 13.1. The summed E-state index contributed by atoms with van der Waals surface area (Å²) in [4.78, 5) is 15.2. The first-order valence-electron chi connectivity index (χ1n) is 8.08. The van der Waals surface area contributed by atoms with Gasteiger partial charge in [-0.05, 0) is 54.3 Å². The molecule has 2 rings (SSSR count). The summed E-state index contributed by atoms with van der Waals surface area (Å²) in [6.45, 7) is 3.17. The molecule has 140 valence electrons. The molecule has 0 bridgehead atoms. The Kier molecular flexibility index (Phi) is 9.04. The first-order valence-corrected chi connectivity index (χ1v) is 8.08. The Morgan fingerprint density at radius 1 is 1.15 bits per heavy atom. The van der Waals surface area contributed by atoms with Gasteiger partial charge < -0.3 is 16.4 Å². The van der Waals surface area contributed by atoms with Crippen molar-refractivity contribution in [1.29, 1.82) is 0 Å². The molecule has 0 spiro atoms. The Morgan fingerprint density at radius 2 is 1.85 bits per heavy atom. The molecule has 0 saturated carbocycles. The first-order chi connectivity index (χ1) is 12.0. The van der Waals surface area contributed by atoms with Crippen LogP contribution in [0.4, 0.5) is 4.39 Å². The molecule has 5 nitrogen and oxygen atoms in total. The molecule has 7 heteroatoms. The smallest absolute Gasteiger partial charge is 0.248 e. The highest BCUT2D eigenvalue weighted by Gasteiger charge is 2.03. The number of nitrogens with one attached hydrogen (secondary N) is 2. The van der Waals surface area contributed by atoms with Gasteiger partial charge in [-0.15, -0.1) is 24.0 Å². The number of nitrogens with zero attached hydrogens (tertiary/aromatic N) is 1. The van der Waals surface area contributed by atoms with Crippen LogP contribution in [0.3, 0.4) is 0 Å². The summed E-state index contributed by atoms with van der Waals surface area (Å²) < 4.78 is 13.1. The van der Waals surface area contributed by atoms with E-state index in [1.165, 1.54) is 12.1 Å². The predicted molar refractivity (Wildman–Crippen MR) is 113 cm³/mol. The summed E-state index contributed by atoms with van der Waals surface area (Å²) >= 11 is 0. The number of benzene rings is 2. The average Bonchev–Trinajstić information content (AvgIpc) is 2.60. The van der Waals surface area contributed by atoms with E-state index in [0.29, 0.717) is 24.6 Å². The third-order valence-corrected chi connectivity index (χ3v) is 3.91. The van der Waals surface area contributed by atoms with Crippen molar-refractivity contribution in [1.82, 2.24) is 10.6 Å². The van der Waals surface area contributed by atoms with Gasteiger partial charge >= 0.3 is 0 Å². The minimum atomic E-state index is -0.437. The predicted octanol–water partition coefficient (Wildman–Crippen LogP) is 2.76. The zero-order valence-corrected chi connectivity index (χ0v) is 17.2. The lowest BCUT2D eigenvalue weighted by Gasteiger charge is -2.13. The van der Waals surface area contributed by atoms with Gasteiger partial charge in [-0.2, -0.15) is 0 Å². The van der Waals surface area contributed by atoms with E-state index in [1.807, 2.05) is 25.1 Å². The SMILES string of the molecule is CN=C(NCCc1ccc(F)cc1C)NCc1ccc(C(N)=O)cc1.I. The molecule has 0 aliphatic carbocycles. The first kappa shape index (κ1) is 21.9. The van der Waals surface area contributed by atoms with Gasteiger partial charge in [0.05, 0.1) is 0 Å². The fourth-order valence-corrected chi connectivity index (χ4v) is 2.45. The summed E-state index contributed by atoms with van der Waals surface area (Å²) in [5, 5.41) is 6.44. The second-order valence-electron chi connectivity index (χ2n) is 5.73. The van der Waals surface area contributed by atoms with Crippen molar-refractivity contribution in [2.45, 2.75) is 19.9 Å². The molecule has 0 radical (unpaired) electrons. The largest absolute Gasteiger partial charge is 0.366 e. The van der Waals surface area contributed by atoms with Gasteiger partial charge in [0.1, 0.15) is 5.82 Å². The lowest BCUT2D eigenvalue weighted by Crippen LogP contribution is -2.37. The van der Waals surface area contributed by atoms with Crippen molar-refractivity contribution in [3.8, 4) is 0 Å². The fraction of sp³-hybridized carbons (Fsp3) is 0.263. The number of hydrogen-bond donors (Lipinski definition) is 3. The van der Waals surface area contributed by atoms with Crippen molar-refractivity contribution in [3.05, 3.63) is 70.5 Å². The van der Waals surface area contributed by atoms with E-state index in [-0.39, 0.29) is 29.8 Å². The van der Waals surface area contributed by atoms with Gasteiger partial charge in [0.15, 0.2) is 5.96 Å². The Balaban J connectivity index is 0.00000338. The van der Waals surface area contributed by atoms with Crippen molar-refractivity contribution in [2.24, 2.45) is 10.7 Å². The minimum absolute atomic E-state index is 0. The van der Waals surface area contributed by atoms with E-state index in [4.69, 9.17) is 5.73 Å². The number of primary amides is 1. The molecular weight excluding hydrogens is 446 g/mol. The summed E-state index contributed by atoms with van der Waals surface area (Å²) in [7, 11) is 1.70. The van der Waals surface area contributed by atoms with Crippen LogP contribution < -0.4 is 16.4 Å². The van der Waals surface area contributed by atoms with Crippen molar-refractivity contribution < 1.29 is 9.18 Å². The highest BCUT2D eigenvalue weighted by atomic mass is 127. The van der Waals surface area contributed by atoms with Crippen LogP contribution in [0.1, 0.15) is 27.0 Å². The lowest BCUT2D eigenvalue weighted by atomic mass is 10.1. The number of aryl methyl sites for hydroxylation is 1. The summed E-state index contributed by atoms with van der Waals surface area (Å²) in [6, 6.07) is 11.9. The van der Waals surface area contributed by atoms with Crippen LogP contribution in [0.5, 0.6) is 0 Å². The maximum absolute atomic E-state index is 13.1. The van der Waals surface area contributed by atoms with Crippen LogP contribution in [-0.2, 0) is 13.0 Å². The summed E-state index contributed by atoms with van der Waals surface area (Å²) in [6.07, 6.45) is 0.778. The normalized spacial score (nSPS) is 10.8. The van der Waals surface area contributed by atoms with Gasteiger partial charge in [-0.1, -0.05) is 18.2 Å². The number of carbonyl (C=O) groups is 1. The number of halogens is 2. The maximum Gasteiger partial charge on any atom is 0.248 e. The molecule has 2 aromatic rings. The molecule has 26 heavy (non-hydrogen) atoms. The van der Waals surface area contributed by atoms with Crippen molar-refractivity contribution in [2.75, 3.05) is 13.6 Å². The Hall–Kier alpha value is -2.16. The van der Waals surface area contributed by atoms with E-state index < -0.39 is 5.91 Å². The third kappa shape index (κ3) is 6.62. The van der Waals surface area contributed by atoms with Crippen molar-refractivity contribution in [3.63, 3.8) is 0 Å². The molecule has 0 atom stereocenters. The zero-order valence-electron chi connectivity index (χ0n) is 14.9. The minimum Gasteiger partial charge on any atom is -0.366 e. The molecule has 0 heterocycles. The topological polar surface area (TPSA) is 79.5 Å². The third-order valence-electron chi connectivity index (χ3n) is 3.91.